The van der Waals surface area contributed by atoms with Gasteiger partial charge in [-0.2, -0.15) is 0 Å². The zero-order chi connectivity index (χ0) is 10.7. The molecule has 2 rings (SSSR count). The maximum atomic E-state index is 11.5. The van der Waals surface area contributed by atoms with Gasteiger partial charge in [0, 0.05) is 6.54 Å². The molecule has 4 nitrogen and oxygen atoms in total. The van der Waals surface area contributed by atoms with E-state index in [0.29, 0.717) is 17.9 Å². The molecule has 1 N–H and O–H groups in total. The quantitative estimate of drug-likeness (QED) is 0.711. The van der Waals surface area contributed by atoms with Crippen molar-refractivity contribution in [1.82, 2.24) is 0 Å². The molecule has 0 aromatic heterocycles. The van der Waals surface area contributed by atoms with Crippen LogP contribution < -0.4 is 10.1 Å². The third-order valence-corrected chi connectivity index (χ3v) is 2.30. The van der Waals surface area contributed by atoms with Crippen LogP contribution in [-0.2, 0) is 4.74 Å². The molecule has 0 atom stereocenters. The lowest BCUT2D eigenvalue weighted by Gasteiger charge is -2.11. The van der Waals surface area contributed by atoms with Gasteiger partial charge in [-0.05, 0) is 18.6 Å². The molecule has 15 heavy (non-hydrogen) atoms. The molecular weight excluding hydrogens is 194 g/mol. The average molecular weight is 207 g/mol. The van der Waals surface area contributed by atoms with Gasteiger partial charge in [-0.15, -0.1) is 0 Å². The summed E-state index contributed by atoms with van der Waals surface area (Å²) in [6.45, 7) is 1.48. The molecule has 0 saturated carbocycles. The predicted octanol–water partition coefficient (Wildman–Crippen LogP) is 1.67. The van der Waals surface area contributed by atoms with Gasteiger partial charge in [0.25, 0.3) is 0 Å². The van der Waals surface area contributed by atoms with E-state index in [1.54, 1.807) is 6.07 Å². The van der Waals surface area contributed by atoms with Gasteiger partial charge in [-0.3, -0.25) is 0 Å². The van der Waals surface area contributed by atoms with Crippen molar-refractivity contribution in [2.24, 2.45) is 0 Å². The largest absolute Gasteiger partial charge is 0.490 e. The summed E-state index contributed by atoms with van der Waals surface area (Å²) in [6, 6.07) is 5.41. The number of nitrogens with one attached hydrogen (secondary N) is 1. The molecule has 1 heterocycles. The first-order valence-corrected chi connectivity index (χ1v) is 4.91. The highest BCUT2D eigenvalue weighted by molar-refractivity contribution is 5.94. The van der Waals surface area contributed by atoms with E-state index in [1.165, 1.54) is 7.11 Å². The van der Waals surface area contributed by atoms with Gasteiger partial charge < -0.3 is 14.8 Å². The lowest BCUT2D eigenvalue weighted by atomic mass is 10.1. The van der Waals surface area contributed by atoms with Crippen molar-refractivity contribution in [2.75, 3.05) is 25.6 Å². The maximum absolute atomic E-state index is 11.5. The Hall–Kier alpha value is -1.71. The molecule has 1 aliphatic rings. The number of para-hydroxylation sites is 1. The molecule has 0 aliphatic carbocycles. The van der Waals surface area contributed by atoms with Crippen molar-refractivity contribution in [3.63, 3.8) is 0 Å². The average Bonchev–Trinajstić information content (AvgIpc) is 2.52. The van der Waals surface area contributed by atoms with Gasteiger partial charge in [0.15, 0.2) is 5.75 Å². The Bertz CT molecular complexity index is 376. The van der Waals surface area contributed by atoms with Gasteiger partial charge in [-0.25, -0.2) is 4.79 Å². The first kappa shape index (κ1) is 9.83. The number of anilines is 1. The predicted molar refractivity (Wildman–Crippen MR) is 56.4 cm³/mol. The van der Waals surface area contributed by atoms with E-state index in [0.717, 1.165) is 18.7 Å². The van der Waals surface area contributed by atoms with Crippen LogP contribution in [0, 0.1) is 0 Å². The second-order valence-corrected chi connectivity index (χ2v) is 3.30. The third-order valence-electron chi connectivity index (χ3n) is 2.30. The summed E-state index contributed by atoms with van der Waals surface area (Å²) in [5.74, 6) is 0.234. The number of hydrogen-bond donors (Lipinski definition) is 1. The normalized spacial score (nSPS) is 14.2. The maximum Gasteiger partial charge on any atom is 0.341 e. The Kier molecular flexibility index (Phi) is 2.76. The molecule has 0 saturated heterocycles. The highest BCUT2D eigenvalue weighted by atomic mass is 16.5. The van der Waals surface area contributed by atoms with Gasteiger partial charge in [0.2, 0.25) is 0 Å². The van der Waals surface area contributed by atoms with Crippen LogP contribution in [0.1, 0.15) is 16.8 Å². The number of rotatable bonds is 1. The van der Waals surface area contributed by atoms with Crippen molar-refractivity contribution in [1.29, 1.82) is 0 Å². The fourth-order valence-corrected chi connectivity index (χ4v) is 1.57. The standard InChI is InChI=1S/C11H13NO3/c1-14-11(13)8-4-2-5-9-10(8)15-7-3-6-12-9/h2,4-5,12H,3,6-7H2,1H3. The van der Waals surface area contributed by atoms with E-state index in [-0.39, 0.29) is 5.97 Å². The number of ether oxygens (including phenoxy) is 2. The number of hydrogen-bond acceptors (Lipinski definition) is 4. The Morgan fingerprint density at radius 3 is 3.20 bits per heavy atom. The Morgan fingerprint density at radius 2 is 2.40 bits per heavy atom. The van der Waals surface area contributed by atoms with Crippen LogP contribution in [0.25, 0.3) is 0 Å². The van der Waals surface area contributed by atoms with Crippen LogP contribution in [0.2, 0.25) is 0 Å². The number of methoxy groups -OCH3 is 1. The van der Waals surface area contributed by atoms with Crippen molar-refractivity contribution < 1.29 is 14.3 Å². The number of fused-ring (bicyclic) bond motifs is 1. The van der Waals surface area contributed by atoms with Gasteiger partial charge in [-0.1, -0.05) is 6.07 Å². The molecular formula is C11H13NO3. The van der Waals surface area contributed by atoms with Crippen LogP contribution in [0.15, 0.2) is 18.2 Å². The number of esters is 1. The molecule has 80 valence electrons. The van der Waals surface area contributed by atoms with E-state index in [1.807, 2.05) is 12.1 Å². The van der Waals surface area contributed by atoms with Gasteiger partial charge >= 0.3 is 5.97 Å². The summed E-state index contributed by atoms with van der Waals surface area (Å²) >= 11 is 0. The Labute approximate surface area is 88.2 Å². The SMILES string of the molecule is COC(=O)c1cccc2c1OCCCN2. The minimum absolute atomic E-state index is 0.365. The third kappa shape index (κ3) is 1.88. The molecule has 0 radical (unpaired) electrons. The minimum atomic E-state index is -0.365. The topological polar surface area (TPSA) is 47.6 Å². The van der Waals surface area contributed by atoms with E-state index in [9.17, 15) is 4.79 Å². The van der Waals surface area contributed by atoms with Crippen LogP contribution in [-0.4, -0.2) is 26.2 Å². The molecule has 1 aliphatic heterocycles. The van der Waals surface area contributed by atoms with Crippen molar-refractivity contribution in [3.05, 3.63) is 23.8 Å². The number of carbonyl (C=O) groups excluding carboxylic acids is 1. The summed E-state index contributed by atoms with van der Waals surface area (Å²) in [4.78, 5) is 11.5. The second-order valence-electron chi connectivity index (χ2n) is 3.30. The lowest BCUT2D eigenvalue weighted by Crippen LogP contribution is -2.06. The molecule has 1 aromatic rings. The summed E-state index contributed by atoms with van der Waals surface area (Å²) < 4.78 is 10.2. The lowest BCUT2D eigenvalue weighted by molar-refractivity contribution is 0.0596. The van der Waals surface area contributed by atoms with Crippen LogP contribution in [0.3, 0.4) is 0 Å². The summed E-state index contributed by atoms with van der Waals surface area (Å²) in [6.07, 6.45) is 0.926. The number of benzene rings is 1. The van der Waals surface area contributed by atoms with E-state index < -0.39 is 0 Å². The Morgan fingerprint density at radius 1 is 1.53 bits per heavy atom. The second kappa shape index (κ2) is 4.21. The first-order chi connectivity index (χ1) is 7.33. The molecule has 0 unspecified atom stereocenters. The van der Waals surface area contributed by atoms with Crippen molar-refractivity contribution >= 4 is 11.7 Å². The molecule has 1 aromatic carbocycles. The van der Waals surface area contributed by atoms with Gasteiger partial charge in [0.05, 0.1) is 19.4 Å². The van der Waals surface area contributed by atoms with Crippen molar-refractivity contribution in [3.8, 4) is 5.75 Å². The van der Waals surface area contributed by atoms with E-state index in [4.69, 9.17) is 9.47 Å². The fourth-order valence-electron chi connectivity index (χ4n) is 1.57. The smallest absolute Gasteiger partial charge is 0.341 e. The molecule has 0 bridgehead atoms. The molecule has 4 heteroatoms. The zero-order valence-corrected chi connectivity index (χ0v) is 8.58. The van der Waals surface area contributed by atoms with Crippen LogP contribution in [0.4, 0.5) is 5.69 Å². The van der Waals surface area contributed by atoms with Crippen LogP contribution >= 0.6 is 0 Å². The highest BCUT2D eigenvalue weighted by Crippen LogP contribution is 2.31. The number of carbonyl (C=O) groups is 1. The minimum Gasteiger partial charge on any atom is -0.490 e. The van der Waals surface area contributed by atoms with E-state index in [2.05, 4.69) is 5.32 Å². The van der Waals surface area contributed by atoms with Crippen molar-refractivity contribution in [2.45, 2.75) is 6.42 Å². The fraction of sp³-hybridized carbons (Fsp3) is 0.364. The zero-order valence-electron chi connectivity index (χ0n) is 8.58. The highest BCUT2D eigenvalue weighted by Gasteiger charge is 2.18. The molecule has 0 spiro atoms. The molecule has 0 fully saturated rings. The van der Waals surface area contributed by atoms with Crippen LogP contribution in [0.5, 0.6) is 5.75 Å². The van der Waals surface area contributed by atoms with Gasteiger partial charge in [0.1, 0.15) is 5.56 Å². The van der Waals surface area contributed by atoms with E-state index >= 15 is 0 Å². The Balaban J connectivity index is 2.43. The molecule has 0 amide bonds. The monoisotopic (exact) mass is 207 g/mol. The summed E-state index contributed by atoms with van der Waals surface area (Å²) in [7, 11) is 1.37. The summed E-state index contributed by atoms with van der Waals surface area (Å²) in [5.41, 5.74) is 1.33. The first-order valence-electron chi connectivity index (χ1n) is 4.91. The summed E-state index contributed by atoms with van der Waals surface area (Å²) in [5, 5.41) is 3.21.